The van der Waals surface area contributed by atoms with Crippen LogP contribution in [0.5, 0.6) is 5.75 Å². The number of nitriles is 1. The summed E-state index contributed by atoms with van der Waals surface area (Å²) in [6.45, 7) is 7.09. The molecular formula is C24H25N3O2. The Morgan fingerprint density at radius 3 is 2.90 bits per heavy atom. The molecule has 0 bridgehead atoms. The van der Waals surface area contributed by atoms with Gasteiger partial charge < -0.3 is 14.4 Å². The highest BCUT2D eigenvalue weighted by Gasteiger charge is 2.24. The Morgan fingerprint density at radius 2 is 2.07 bits per heavy atom. The maximum atomic E-state index is 9.25. The minimum Gasteiger partial charge on any atom is -0.489 e. The van der Waals surface area contributed by atoms with E-state index in [1.165, 1.54) is 5.69 Å². The fourth-order valence-corrected chi connectivity index (χ4v) is 3.90. The molecule has 1 fully saturated rings. The number of anilines is 1. The highest BCUT2D eigenvalue weighted by molar-refractivity contribution is 5.93. The predicted molar refractivity (Wildman–Crippen MR) is 114 cm³/mol. The number of ether oxygens (including phenoxy) is 2. The monoisotopic (exact) mass is 387 g/mol. The summed E-state index contributed by atoms with van der Waals surface area (Å²) in [6, 6.07) is 17.9. The van der Waals surface area contributed by atoms with E-state index in [1.54, 1.807) is 0 Å². The van der Waals surface area contributed by atoms with Gasteiger partial charge in [0.1, 0.15) is 12.4 Å². The lowest BCUT2D eigenvalue weighted by Gasteiger charge is -2.21. The van der Waals surface area contributed by atoms with Crippen molar-refractivity contribution in [2.24, 2.45) is 0 Å². The van der Waals surface area contributed by atoms with Crippen molar-refractivity contribution >= 4 is 16.6 Å². The number of aryl methyl sites for hydroxylation is 1. The second kappa shape index (κ2) is 8.50. The van der Waals surface area contributed by atoms with Crippen LogP contribution in [0.2, 0.25) is 0 Å². The zero-order valence-corrected chi connectivity index (χ0v) is 16.9. The topological polar surface area (TPSA) is 58.4 Å². The van der Waals surface area contributed by atoms with Gasteiger partial charge in [-0.2, -0.15) is 5.26 Å². The van der Waals surface area contributed by atoms with Gasteiger partial charge in [-0.25, -0.2) is 0 Å². The van der Waals surface area contributed by atoms with E-state index in [-0.39, 0.29) is 0 Å². The molecule has 0 N–H and O–H groups in total. The molecule has 4 rings (SSSR count). The third kappa shape index (κ3) is 4.18. The first-order valence-electron chi connectivity index (χ1n) is 10.1. The van der Waals surface area contributed by atoms with Crippen molar-refractivity contribution in [1.29, 1.82) is 5.26 Å². The normalized spacial score (nSPS) is 16.2. The van der Waals surface area contributed by atoms with Gasteiger partial charge in [0.2, 0.25) is 0 Å². The third-order valence-corrected chi connectivity index (χ3v) is 5.31. The SMILES string of the molecule is CCOC1CCN(c2cc(C)nc3cc(OCc4ccccc4C#N)ccc23)C1. The van der Waals surface area contributed by atoms with E-state index in [2.05, 4.69) is 23.1 Å². The van der Waals surface area contributed by atoms with Gasteiger partial charge in [-0.15, -0.1) is 0 Å². The van der Waals surface area contributed by atoms with Gasteiger partial charge in [-0.1, -0.05) is 18.2 Å². The average molecular weight is 387 g/mol. The Kier molecular flexibility index (Phi) is 5.64. The summed E-state index contributed by atoms with van der Waals surface area (Å²) in [5, 5.41) is 10.4. The minimum absolute atomic E-state index is 0.298. The Morgan fingerprint density at radius 1 is 1.21 bits per heavy atom. The fourth-order valence-electron chi connectivity index (χ4n) is 3.90. The molecule has 0 amide bonds. The van der Waals surface area contributed by atoms with Gasteiger partial charge in [0.05, 0.1) is 23.3 Å². The van der Waals surface area contributed by atoms with Crippen LogP contribution in [0, 0.1) is 18.3 Å². The van der Waals surface area contributed by atoms with E-state index < -0.39 is 0 Å². The minimum atomic E-state index is 0.298. The second-order valence-electron chi connectivity index (χ2n) is 7.33. The number of nitrogens with zero attached hydrogens (tertiary/aromatic N) is 3. The molecular weight excluding hydrogens is 362 g/mol. The van der Waals surface area contributed by atoms with Crippen LogP contribution < -0.4 is 9.64 Å². The molecule has 0 radical (unpaired) electrons. The molecule has 1 atom stereocenters. The first kappa shape index (κ1) is 19.2. The van der Waals surface area contributed by atoms with Crippen LogP contribution in [0.3, 0.4) is 0 Å². The van der Waals surface area contributed by atoms with E-state index in [0.29, 0.717) is 18.3 Å². The Hall–Kier alpha value is -3.10. The Labute approximate surface area is 171 Å². The molecule has 2 heterocycles. The summed E-state index contributed by atoms with van der Waals surface area (Å²) in [6.07, 6.45) is 1.35. The van der Waals surface area contributed by atoms with Crippen molar-refractivity contribution in [2.75, 3.05) is 24.6 Å². The van der Waals surface area contributed by atoms with Gasteiger partial charge in [0.15, 0.2) is 0 Å². The quantitative estimate of drug-likeness (QED) is 0.618. The number of hydrogen-bond donors (Lipinski definition) is 0. The highest BCUT2D eigenvalue weighted by Crippen LogP contribution is 2.32. The lowest BCUT2D eigenvalue weighted by molar-refractivity contribution is 0.0788. The molecule has 3 aromatic rings. The number of rotatable bonds is 6. The molecule has 5 nitrogen and oxygen atoms in total. The number of hydrogen-bond acceptors (Lipinski definition) is 5. The molecule has 5 heteroatoms. The summed E-state index contributed by atoms with van der Waals surface area (Å²) in [5.74, 6) is 0.753. The summed E-state index contributed by atoms with van der Waals surface area (Å²) < 4.78 is 11.8. The molecule has 2 aromatic carbocycles. The number of pyridine rings is 1. The van der Waals surface area contributed by atoms with Crippen molar-refractivity contribution in [3.63, 3.8) is 0 Å². The van der Waals surface area contributed by atoms with Gasteiger partial charge >= 0.3 is 0 Å². The van der Waals surface area contributed by atoms with Crippen molar-refractivity contribution in [3.8, 4) is 11.8 Å². The van der Waals surface area contributed by atoms with Crippen molar-refractivity contribution in [1.82, 2.24) is 4.98 Å². The van der Waals surface area contributed by atoms with Crippen molar-refractivity contribution < 1.29 is 9.47 Å². The van der Waals surface area contributed by atoms with Crippen LogP contribution in [-0.2, 0) is 11.3 Å². The van der Waals surface area contributed by atoms with Crippen molar-refractivity contribution in [2.45, 2.75) is 33.0 Å². The summed E-state index contributed by atoms with van der Waals surface area (Å²) in [7, 11) is 0. The van der Waals surface area contributed by atoms with Gasteiger partial charge in [-0.3, -0.25) is 4.98 Å². The molecule has 1 aliphatic rings. The number of benzene rings is 2. The second-order valence-corrected chi connectivity index (χ2v) is 7.33. The van der Waals surface area contributed by atoms with Crippen LogP contribution in [0.4, 0.5) is 5.69 Å². The summed E-state index contributed by atoms with van der Waals surface area (Å²) in [4.78, 5) is 7.11. The van der Waals surface area contributed by atoms with Crippen LogP contribution in [-0.4, -0.2) is 30.8 Å². The van der Waals surface area contributed by atoms with Crippen LogP contribution in [0.15, 0.2) is 48.5 Å². The van der Waals surface area contributed by atoms with Gasteiger partial charge in [0, 0.05) is 48.1 Å². The lowest BCUT2D eigenvalue weighted by Crippen LogP contribution is -2.23. The first-order valence-corrected chi connectivity index (χ1v) is 10.1. The molecule has 1 saturated heterocycles. The maximum Gasteiger partial charge on any atom is 0.122 e. The standard InChI is InChI=1S/C24H25N3O2/c1-3-28-21-10-11-27(15-21)24-12-17(2)26-23-13-20(8-9-22(23)24)29-16-19-7-5-4-6-18(19)14-25/h4-9,12-13,21H,3,10-11,15-16H2,1-2H3. The van der Waals surface area contributed by atoms with Gasteiger partial charge in [-0.05, 0) is 44.5 Å². The zero-order valence-electron chi connectivity index (χ0n) is 16.9. The fraction of sp³-hybridized carbons (Fsp3) is 0.333. The molecule has 29 heavy (non-hydrogen) atoms. The van der Waals surface area contributed by atoms with Crippen LogP contribution in [0.1, 0.15) is 30.2 Å². The van der Waals surface area contributed by atoms with Crippen LogP contribution >= 0.6 is 0 Å². The summed E-state index contributed by atoms with van der Waals surface area (Å²) in [5.41, 5.74) is 4.63. The van der Waals surface area contributed by atoms with E-state index in [9.17, 15) is 5.26 Å². The molecule has 1 aromatic heterocycles. The van der Waals surface area contributed by atoms with Crippen molar-refractivity contribution in [3.05, 3.63) is 65.4 Å². The molecule has 1 aliphatic heterocycles. The maximum absolute atomic E-state index is 9.25. The van der Waals surface area contributed by atoms with E-state index in [1.807, 2.05) is 50.2 Å². The molecule has 0 saturated carbocycles. The highest BCUT2D eigenvalue weighted by atomic mass is 16.5. The molecule has 1 unspecified atom stereocenters. The zero-order chi connectivity index (χ0) is 20.2. The molecule has 148 valence electrons. The molecule has 0 aliphatic carbocycles. The van der Waals surface area contributed by atoms with Gasteiger partial charge in [0.25, 0.3) is 0 Å². The number of fused-ring (bicyclic) bond motifs is 1. The van der Waals surface area contributed by atoms with Crippen LogP contribution in [0.25, 0.3) is 10.9 Å². The summed E-state index contributed by atoms with van der Waals surface area (Å²) >= 11 is 0. The Balaban J connectivity index is 1.58. The predicted octanol–water partition coefficient (Wildman–Crippen LogP) is 4.61. The molecule has 0 spiro atoms. The third-order valence-electron chi connectivity index (χ3n) is 5.31. The van der Waals surface area contributed by atoms with E-state index in [4.69, 9.17) is 14.5 Å². The lowest BCUT2D eigenvalue weighted by atomic mass is 10.1. The smallest absolute Gasteiger partial charge is 0.122 e. The largest absolute Gasteiger partial charge is 0.489 e. The Bertz CT molecular complexity index is 1060. The first-order chi connectivity index (χ1) is 14.2. The van der Waals surface area contributed by atoms with E-state index >= 15 is 0 Å². The average Bonchev–Trinajstić information content (AvgIpc) is 3.20. The van der Waals surface area contributed by atoms with E-state index in [0.717, 1.165) is 54.0 Å². The number of aromatic nitrogens is 1.